The molecule has 0 aliphatic carbocycles. The van der Waals surface area contributed by atoms with E-state index < -0.39 is 6.04 Å². The van der Waals surface area contributed by atoms with Crippen LogP contribution in [0.5, 0.6) is 5.75 Å². The number of rotatable bonds is 5. The highest BCUT2D eigenvalue weighted by Gasteiger charge is 2.40. The van der Waals surface area contributed by atoms with Crippen molar-refractivity contribution >= 4 is 11.8 Å². The van der Waals surface area contributed by atoms with Gasteiger partial charge >= 0.3 is 0 Å². The molecule has 2 heterocycles. The van der Waals surface area contributed by atoms with Crippen LogP contribution in [0.25, 0.3) is 0 Å². The zero-order valence-electron chi connectivity index (χ0n) is 15.5. The van der Waals surface area contributed by atoms with E-state index in [4.69, 9.17) is 4.74 Å². The number of hydrogen-bond donors (Lipinski definition) is 1. The lowest BCUT2D eigenvalue weighted by atomic mass is 10.2. The minimum atomic E-state index is -0.451. The summed E-state index contributed by atoms with van der Waals surface area (Å²) in [5, 5.41) is 2.69. The third-order valence-electron chi connectivity index (χ3n) is 5.24. The van der Waals surface area contributed by atoms with Gasteiger partial charge in [-0.2, -0.15) is 0 Å². The van der Waals surface area contributed by atoms with E-state index in [1.54, 1.807) is 11.9 Å². The van der Waals surface area contributed by atoms with Crippen LogP contribution in [0.15, 0.2) is 30.3 Å². The molecule has 1 N–H and O–H groups in total. The maximum atomic E-state index is 12.9. The molecule has 1 aromatic rings. The number of likely N-dealkylation sites (tertiary alicyclic amines) is 2. The molecule has 2 atom stereocenters. The third-order valence-corrected chi connectivity index (χ3v) is 5.24. The smallest absolute Gasteiger partial charge is 0.242 e. The number of benzene rings is 1. The fourth-order valence-electron chi connectivity index (χ4n) is 3.84. The molecule has 2 saturated heterocycles. The maximum absolute atomic E-state index is 12.9. The first-order valence-corrected chi connectivity index (χ1v) is 9.62. The second-order valence-electron chi connectivity index (χ2n) is 7.16. The average molecular weight is 359 g/mol. The Morgan fingerprint density at radius 3 is 2.46 bits per heavy atom. The fourth-order valence-corrected chi connectivity index (χ4v) is 3.84. The normalized spacial score (nSPS) is 24.1. The van der Waals surface area contributed by atoms with Crippen LogP contribution < -0.4 is 10.1 Å². The maximum Gasteiger partial charge on any atom is 0.242 e. The number of para-hydroxylation sites is 1. The highest BCUT2D eigenvalue weighted by molar-refractivity contribution is 5.89. The van der Waals surface area contributed by atoms with E-state index in [0.717, 1.165) is 31.7 Å². The Morgan fingerprint density at radius 1 is 1.12 bits per heavy atom. The number of amides is 2. The number of likely N-dealkylation sites (N-methyl/N-ethyl adjacent to an activating group) is 1. The number of nitrogens with zero attached hydrogens (tertiary/aromatic N) is 2. The Kier molecular flexibility index (Phi) is 6.50. The average Bonchev–Trinajstić information content (AvgIpc) is 2.91. The molecular formula is C20H29N3O3. The van der Waals surface area contributed by atoms with E-state index in [9.17, 15) is 9.59 Å². The summed E-state index contributed by atoms with van der Waals surface area (Å²) in [4.78, 5) is 29.1. The Hall–Kier alpha value is -2.08. The molecule has 142 valence electrons. The summed E-state index contributed by atoms with van der Waals surface area (Å²) in [6.45, 7) is 2.79. The lowest BCUT2D eigenvalue weighted by Crippen LogP contribution is -2.48. The molecule has 6 heteroatoms. The molecular weight excluding hydrogens is 330 g/mol. The molecule has 1 aromatic carbocycles. The van der Waals surface area contributed by atoms with Crippen LogP contribution in [-0.2, 0) is 9.59 Å². The molecule has 2 amide bonds. The first-order chi connectivity index (χ1) is 12.7. The molecule has 26 heavy (non-hydrogen) atoms. The zero-order chi connectivity index (χ0) is 18.4. The molecule has 0 bridgehead atoms. The van der Waals surface area contributed by atoms with E-state index in [2.05, 4.69) is 10.2 Å². The topological polar surface area (TPSA) is 61.9 Å². The number of hydrogen-bond acceptors (Lipinski definition) is 4. The number of carbonyl (C=O) groups excluding carboxylic acids is 2. The highest BCUT2D eigenvalue weighted by atomic mass is 16.5. The number of ether oxygens (including phenoxy) is 1. The van der Waals surface area contributed by atoms with Crippen molar-refractivity contribution in [1.29, 1.82) is 0 Å². The van der Waals surface area contributed by atoms with Crippen LogP contribution in [0.4, 0.5) is 0 Å². The predicted molar refractivity (Wildman–Crippen MR) is 100.0 cm³/mol. The molecule has 0 radical (unpaired) electrons. The molecule has 2 aliphatic heterocycles. The first-order valence-electron chi connectivity index (χ1n) is 9.62. The predicted octanol–water partition coefficient (Wildman–Crippen LogP) is 1.66. The van der Waals surface area contributed by atoms with Crippen molar-refractivity contribution in [1.82, 2.24) is 15.1 Å². The van der Waals surface area contributed by atoms with Crippen molar-refractivity contribution in [2.24, 2.45) is 0 Å². The van der Waals surface area contributed by atoms with Gasteiger partial charge in [0.25, 0.3) is 0 Å². The second-order valence-corrected chi connectivity index (χ2v) is 7.16. The largest absolute Gasteiger partial charge is 0.488 e. The third kappa shape index (κ3) is 4.75. The Labute approximate surface area is 155 Å². The quantitative estimate of drug-likeness (QED) is 0.869. The zero-order valence-corrected chi connectivity index (χ0v) is 15.5. The molecule has 6 nitrogen and oxygen atoms in total. The minimum absolute atomic E-state index is 0.0275. The van der Waals surface area contributed by atoms with Gasteiger partial charge in [0.2, 0.25) is 11.8 Å². The number of nitrogens with one attached hydrogen (secondary N) is 1. The molecule has 3 rings (SSSR count). The van der Waals surface area contributed by atoms with Crippen molar-refractivity contribution < 1.29 is 14.3 Å². The van der Waals surface area contributed by atoms with E-state index in [1.807, 2.05) is 30.3 Å². The van der Waals surface area contributed by atoms with Gasteiger partial charge in [-0.1, -0.05) is 31.0 Å². The molecule has 2 fully saturated rings. The standard InChI is InChI=1S/C20H29N3O3/c1-21-20(25)18-13-17(26-16-9-5-4-6-10-16)14-23(18)19(24)15-22-11-7-2-3-8-12-22/h4-6,9-10,17-18H,2-3,7-8,11-15H2,1H3,(H,21,25)/t17-,18-/m0/s1. The van der Waals surface area contributed by atoms with Gasteiger partial charge < -0.3 is 15.0 Å². The van der Waals surface area contributed by atoms with Gasteiger partial charge in [0.05, 0.1) is 13.1 Å². The minimum Gasteiger partial charge on any atom is -0.488 e. The van der Waals surface area contributed by atoms with Crippen molar-refractivity contribution in [3.05, 3.63) is 30.3 Å². The van der Waals surface area contributed by atoms with E-state index in [1.165, 1.54) is 12.8 Å². The van der Waals surface area contributed by atoms with Gasteiger partial charge in [-0.15, -0.1) is 0 Å². The lowest BCUT2D eigenvalue weighted by molar-refractivity contribution is -0.139. The number of carbonyl (C=O) groups is 2. The van der Waals surface area contributed by atoms with E-state index in [-0.39, 0.29) is 17.9 Å². The van der Waals surface area contributed by atoms with Crippen molar-refractivity contribution in [3.63, 3.8) is 0 Å². The summed E-state index contributed by atoms with van der Waals surface area (Å²) in [7, 11) is 1.62. The molecule has 0 aromatic heterocycles. The van der Waals surface area contributed by atoms with E-state index >= 15 is 0 Å². The van der Waals surface area contributed by atoms with Crippen LogP contribution in [0.1, 0.15) is 32.1 Å². The monoisotopic (exact) mass is 359 g/mol. The first kappa shape index (κ1) is 18.7. The van der Waals surface area contributed by atoms with Gasteiger partial charge in [-0.05, 0) is 38.1 Å². The van der Waals surface area contributed by atoms with Gasteiger partial charge in [0.15, 0.2) is 0 Å². The lowest BCUT2D eigenvalue weighted by Gasteiger charge is -2.27. The van der Waals surface area contributed by atoms with Crippen molar-refractivity contribution in [2.75, 3.05) is 33.2 Å². The van der Waals surface area contributed by atoms with Gasteiger partial charge in [0, 0.05) is 13.5 Å². The van der Waals surface area contributed by atoms with Gasteiger partial charge in [0.1, 0.15) is 17.9 Å². The molecule has 0 unspecified atom stereocenters. The van der Waals surface area contributed by atoms with E-state index in [0.29, 0.717) is 19.5 Å². The van der Waals surface area contributed by atoms with Crippen LogP contribution in [0, 0.1) is 0 Å². The second kappa shape index (κ2) is 9.03. The highest BCUT2D eigenvalue weighted by Crippen LogP contribution is 2.24. The summed E-state index contributed by atoms with van der Waals surface area (Å²) in [5.74, 6) is 0.683. The Morgan fingerprint density at radius 2 is 1.81 bits per heavy atom. The SMILES string of the molecule is CNC(=O)[C@@H]1C[C@H](Oc2ccccc2)CN1C(=O)CN1CCCCCC1. The fraction of sp³-hybridized carbons (Fsp3) is 0.600. The Balaban J connectivity index is 1.64. The summed E-state index contributed by atoms with van der Waals surface area (Å²) in [5.41, 5.74) is 0. The summed E-state index contributed by atoms with van der Waals surface area (Å²) < 4.78 is 6.00. The molecule has 2 aliphatic rings. The van der Waals surface area contributed by atoms with Crippen LogP contribution in [0.3, 0.4) is 0 Å². The summed E-state index contributed by atoms with van der Waals surface area (Å²) in [6, 6.07) is 9.12. The van der Waals surface area contributed by atoms with Crippen LogP contribution in [-0.4, -0.2) is 67.0 Å². The van der Waals surface area contributed by atoms with Crippen LogP contribution >= 0.6 is 0 Å². The summed E-state index contributed by atoms with van der Waals surface area (Å²) in [6.07, 6.45) is 5.13. The van der Waals surface area contributed by atoms with Crippen molar-refractivity contribution in [3.8, 4) is 5.75 Å². The Bertz CT molecular complexity index is 600. The van der Waals surface area contributed by atoms with Crippen LogP contribution in [0.2, 0.25) is 0 Å². The molecule has 0 saturated carbocycles. The summed E-state index contributed by atoms with van der Waals surface area (Å²) >= 11 is 0. The molecule has 0 spiro atoms. The van der Waals surface area contributed by atoms with Crippen molar-refractivity contribution in [2.45, 2.75) is 44.2 Å². The van der Waals surface area contributed by atoms with Gasteiger partial charge in [-0.3, -0.25) is 14.5 Å². The van der Waals surface area contributed by atoms with Gasteiger partial charge in [-0.25, -0.2) is 0 Å².